The smallest absolute Gasteiger partial charge is 0.419 e. The Bertz CT molecular complexity index is 829. The summed E-state index contributed by atoms with van der Waals surface area (Å²) in [7, 11) is 1.52. The van der Waals surface area contributed by atoms with E-state index in [-0.39, 0.29) is 11.6 Å². The number of ether oxygens (including phenoxy) is 1. The number of anilines is 1. The molecular weight excluding hydrogens is 362 g/mol. The summed E-state index contributed by atoms with van der Waals surface area (Å²) in [5.41, 5.74) is -1.09. The third-order valence-electron chi connectivity index (χ3n) is 4.80. The minimum Gasteiger partial charge on any atom is -0.497 e. The molecule has 1 aliphatic rings. The maximum Gasteiger partial charge on any atom is 0.419 e. The standard InChI is InChI=1S/C20H19F4NO2/c1-12(13-3-4-13)25(15-6-8-16(27-2)9-7-15)19(26)14-5-10-18(21)17(11-14)20(22,23)24/h5-13H,3-4H2,1-2H3. The molecular formula is C20H19F4NO2. The maximum absolute atomic E-state index is 13.6. The first-order valence-corrected chi connectivity index (χ1v) is 8.56. The highest BCUT2D eigenvalue weighted by Gasteiger charge is 2.38. The molecule has 27 heavy (non-hydrogen) atoms. The third kappa shape index (κ3) is 4.07. The lowest BCUT2D eigenvalue weighted by Crippen LogP contribution is -2.40. The fourth-order valence-electron chi connectivity index (χ4n) is 3.08. The van der Waals surface area contributed by atoms with E-state index in [9.17, 15) is 22.4 Å². The molecule has 1 saturated carbocycles. The molecule has 0 radical (unpaired) electrons. The van der Waals surface area contributed by atoms with Gasteiger partial charge in [-0.25, -0.2) is 4.39 Å². The number of halogens is 4. The van der Waals surface area contributed by atoms with E-state index >= 15 is 0 Å². The van der Waals surface area contributed by atoms with Gasteiger partial charge >= 0.3 is 6.18 Å². The van der Waals surface area contributed by atoms with Gasteiger partial charge in [-0.05, 0) is 68.1 Å². The van der Waals surface area contributed by atoms with E-state index in [4.69, 9.17) is 4.74 Å². The summed E-state index contributed by atoms with van der Waals surface area (Å²) in [5, 5.41) is 0. The van der Waals surface area contributed by atoms with E-state index in [1.54, 1.807) is 24.3 Å². The van der Waals surface area contributed by atoms with E-state index in [1.807, 2.05) is 6.92 Å². The Hall–Kier alpha value is -2.57. The van der Waals surface area contributed by atoms with Gasteiger partial charge in [0.2, 0.25) is 0 Å². The first-order chi connectivity index (χ1) is 12.7. The normalized spacial score (nSPS) is 15.3. The molecule has 1 fully saturated rings. The molecule has 1 unspecified atom stereocenters. The van der Waals surface area contributed by atoms with Crippen LogP contribution in [0.3, 0.4) is 0 Å². The van der Waals surface area contributed by atoms with Crippen LogP contribution in [0, 0.1) is 11.7 Å². The van der Waals surface area contributed by atoms with Crippen LogP contribution in [0.5, 0.6) is 5.75 Å². The fourth-order valence-corrected chi connectivity index (χ4v) is 3.08. The van der Waals surface area contributed by atoms with Gasteiger partial charge in [0.05, 0.1) is 12.7 Å². The lowest BCUT2D eigenvalue weighted by Gasteiger charge is -2.30. The summed E-state index contributed by atoms with van der Waals surface area (Å²) in [4.78, 5) is 14.5. The number of methoxy groups -OCH3 is 1. The second kappa shape index (κ2) is 7.21. The molecule has 0 heterocycles. The zero-order chi connectivity index (χ0) is 19.8. The van der Waals surface area contributed by atoms with Gasteiger partial charge in [-0.3, -0.25) is 4.79 Å². The van der Waals surface area contributed by atoms with Crippen LogP contribution >= 0.6 is 0 Å². The maximum atomic E-state index is 13.6. The van der Waals surface area contributed by atoms with Crippen molar-refractivity contribution in [1.29, 1.82) is 0 Å². The molecule has 1 amide bonds. The van der Waals surface area contributed by atoms with Gasteiger partial charge in [0, 0.05) is 17.3 Å². The minimum absolute atomic E-state index is 0.190. The van der Waals surface area contributed by atoms with E-state index in [1.165, 1.54) is 12.0 Å². The van der Waals surface area contributed by atoms with Crippen molar-refractivity contribution in [2.24, 2.45) is 5.92 Å². The second-order valence-corrected chi connectivity index (χ2v) is 6.64. The number of nitrogens with zero attached hydrogens (tertiary/aromatic N) is 1. The molecule has 3 nitrogen and oxygen atoms in total. The fraction of sp³-hybridized carbons (Fsp3) is 0.350. The number of carbonyl (C=O) groups excluding carboxylic acids is 1. The SMILES string of the molecule is COc1ccc(N(C(=O)c2ccc(F)c(C(F)(F)F)c2)C(C)C2CC2)cc1. The molecule has 0 N–H and O–H groups in total. The minimum atomic E-state index is -4.87. The molecule has 1 atom stereocenters. The van der Waals surface area contributed by atoms with Gasteiger partial charge in [-0.1, -0.05) is 0 Å². The van der Waals surface area contributed by atoms with Crippen molar-refractivity contribution < 1.29 is 27.1 Å². The number of hydrogen-bond donors (Lipinski definition) is 0. The molecule has 0 spiro atoms. The number of alkyl halides is 3. The van der Waals surface area contributed by atoms with Gasteiger partial charge < -0.3 is 9.64 Å². The number of benzene rings is 2. The van der Waals surface area contributed by atoms with Crippen LogP contribution in [-0.2, 0) is 6.18 Å². The average molecular weight is 381 g/mol. The summed E-state index contributed by atoms with van der Waals surface area (Å²) in [5.74, 6) is -1.10. The van der Waals surface area contributed by atoms with Gasteiger partial charge in [0.25, 0.3) is 5.91 Å². The first kappa shape index (κ1) is 19.2. The van der Waals surface area contributed by atoms with Gasteiger partial charge in [0.1, 0.15) is 11.6 Å². The summed E-state index contributed by atoms with van der Waals surface area (Å²) >= 11 is 0. The molecule has 0 saturated heterocycles. The zero-order valence-corrected chi connectivity index (χ0v) is 14.9. The average Bonchev–Trinajstić information content (AvgIpc) is 3.47. The Balaban J connectivity index is 2.00. The monoisotopic (exact) mass is 381 g/mol. The molecule has 0 bridgehead atoms. The van der Waals surface area contributed by atoms with Crippen LogP contribution in [-0.4, -0.2) is 19.1 Å². The lowest BCUT2D eigenvalue weighted by molar-refractivity contribution is -0.140. The van der Waals surface area contributed by atoms with Crippen molar-refractivity contribution in [3.05, 3.63) is 59.4 Å². The zero-order valence-electron chi connectivity index (χ0n) is 14.9. The van der Waals surface area contributed by atoms with Crippen molar-refractivity contribution in [3.8, 4) is 5.75 Å². The molecule has 2 aromatic carbocycles. The van der Waals surface area contributed by atoms with E-state index in [0.717, 1.165) is 18.9 Å². The molecule has 144 valence electrons. The Labute approximate surface area is 154 Å². The predicted octanol–water partition coefficient (Wildman–Crippen LogP) is 5.30. The van der Waals surface area contributed by atoms with Gasteiger partial charge in [0.15, 0.2) is 0 Å². The molecule has 0 aliphatic heterocycles. The third-order valence-corrected chi connectivity index (χ3v) is 4.80. The summed E-state index contributed by atoms with van der Waals surface area (Å²) in [6.45, 7) is 1.87. The largest absolute Gasteiger partial charge is 0.497 e. The second-order valence-electron chi connectivity index (χ2n) is 6.64. The Morgan fingerprint density at radius 3 is 2.30 bits per heavy atom. The Morgan fingerprint density at radius 1 is 1.15 bits per heavy atom. The van der Waals surface area contributed by atoms with Crippen molar-refractivity contribution in [2.45, 2.75) is 32.0 Å². The van der Waals surface area contributed by atoms with E-state index < -0.39 is 23.5 Å². The van der Waals surface area contributed by atoms with Gasteiger partial charge in [-0.2, -0.15) is 13.2 Å². The van der Waals surface area contributed by atoms with Crippen LogP contribution in [0.25, 0.3) is 0 Å². The highest BCUT2D eigenvalue weighted by Crippen LogP contribution is 2.38. The number of hydrogen-bond acceptors (Lipinski definition) is 2. The summed E-state index contributed by atoms with van der Waals surface area (Å²) in [6.07, 6.45) is -2.95. The summed E-state index contributed by atoms with van der Waals surface area (Å²) in [6, 6.07) is 8.89. The van der Waals surface area contributed by atoms with Crippen LogP contribution in [0.4, 0.5) is 23.2 Å². The molecule has 0 aromatic heterocycles. The molecule has 2 aromatic rings. The van der Waals surface area contributed by atoms with Crippen molar-refractivity contribution in [2.75, 3.05) is 12.0 Å². The first-order valence-electron chi connectivity index (χ1n) is 8.56. The number of carbonyl (C=O) groups is 1. The van der Waals surface area contributed by atoms with Crippen LogP contribution in [0.1, 0.15) is 35.7 Å². The van der Waals surface area contributed by atoms with Crippen LogP contribution < -0.4 is 9.64 Å². The lowest BCUT2D eigenvalue weighted by atomic mass is 10.1. The molecule has 7 heteroatoms. The topological polar surface area (TPSA) is 29.5 Å². The highest BCUT2D eigenvalue weighted by atomic mass is 19.4. The molecule has 1 aliphatic carbocycles. The van der Waals surface area contributed by atoms with Crippen molar-refractivity contribution >= 4 is 11.6 Å². The van der Waals surface area contributed by atoms with Crippen molar-refractivity contribution in [3.63, 3.8) is 0 Å². The van der Waals surface area contributed by atoms with Crippen LogP contribution in [0.2, 0.25) is 0 Å². The quantitative estimate of drug-likeness (QED) is 0.658. The number of amides is 1. The van der Waals surface area contributed by atoms with E-state index in [0.29, 0.717) is 29.5 Å². The number of rotatable bonds is 5. The predicted molar refractivity (Wildman–Crippen MR) is 93.4 cm³/mol. The Kier molecular flexibility index (Phi) is 5.13. The highest BCUT2D eigenvalue weighted by molar-refractivity contribution is 6.06. The van der Waals surface area contributed by atoms with Crippen molar-refractivity contribution in [1.82, 2.24) is 0 Å². The molecule has 3 rings (SSSR count). The van der Waals surface area contributed by atoms with Crippen LogP contribution in [0.15, 0.2) is 42.5 Å². The van der Waals surface area contributed by atoms with Gasteiger partial charge in [-0.15, -0.1) is 0 Å². The van der Waals surface area contributed by atoms with E-state index in [2.05, 4.69) is 0 Å². The Morgan fingerprint density at radius 2 is 1.78 bits per heavy atom. The summed E-state index contributed by atoms with van der Waals surface area (Å²) < 4.78 is 57.7.